The Morgan fingerprint density at radius 3 is 2.84 bits per heavy atom. The van der Waals surface area contributed by atoms with Crippen molar-refractivity contribution in [1.29, 1.82) is 0 Å². The van der Waals surface area contributed by atoms with Gasteiger partial charge in [-0.25, -0.2) is 8.42 Å². The molecule has 1 N–H and O–H groups in total. The molecule has 19 heavy (non-hydrogen) atoms. The van der Waals surface area contributed by atoms with Crippen LogP contribution in [0.15, 0.2) is 0 Å². The van der Waals surface area contributed by atoms with Crippen molar-refractivity contribution in [2.75, 3.05) is 51.3 Å². The predicted octanol–water partition coefficient (Wildman–Crippen LogP) is -0.211. The molecule has 2 aliphatic heterocycles. The highest BCUT2D eigenvalue weighted by Gasteiger charge is 2.26. The fourth-order valence-corrected chi connectivity index (χ4v) is 4.62. The summed E-state index contributed by atoms with van der Waals surface area (Å²) in [5, 5.41) is 3.34. The number of rotatable bonds is 3. The van der Waals surface area contributed by atoms with E-state index in [2.05, 4.69) is 29.1 Å². The molecule has 0 amide bonds. The van der Waals surface area contributed by atoms with E-state index in [1.807, 2.05) is 0 Å². The smallest absolute Gasteiger partial charge is 0.153 e. The number of nitrogens with zero attached hydrogens (tertiary/aromatic N) is 2. The maximum atomic E-state index is 11.6. The Bertz CT molecular complexity index is 385. The average molecular weight is 289 g/mol. The molecule has 112 valence electrons. The van der Waals surface area contributed by atoms with Crippen LogP contribution in [0.1, 0.15) is 19.8 Å². The largest absolute Gasteiger partial charge is 0.312 e. The van der Waals surface area contributed by atoms with Crippen LogP contribution >= 0.6 is 0 Å². The molecule has 2 fully saturated rings. The van der Waals surface area contributed by atoms with E-state index in [0.29, 0.717) is 24.1 Å². The van der Waals surface area contributed by atoms with Gasteiger partial charge in [0.05, 0.1) is 11.5 Å². The van der Waals surface area contributed by atoms with Gasteiger partial charge in [-0.1, -0.05) is 0 Å². The average Bonchev–Trinajstić information content (AvgIpc) is 2.46. The number of sulfone groups is 1. The summed E-state index contributed by atoms with van der Waals surface area (Å²) in [4.78, 5) is 4.89. The normalized spacial score (nSPS) is 34.0. The van der Waals surface area contributed by atoms with Gasteiger partial charge < -0.3 is 10.2 Å². The molecule has 0 bridgehead atoms. The van der Waals surface area contributed by atoms with E-state index in [1.165, 1.54) is 6.42 Å². The van der Waals surface area contributed by atoms with E-state index in [4.69, 9.17) is 0 Å². The van der Waals surface area contributed by atoms with Crippen LogP contribution in [0, 0.1) is 0 Å². The number of hydrogen-bond donors (Lipinski definition) is 1. The monoisotopic (exact) mass is 289 g/mol. The maximum Gasteiger partial charge on any atom is 0.153 e. The molecule has 2 heterocycles. The second kappa shape index (κ2) is 6.52. The molecular formula is C13H27N3O2S. The van der Waals surface area contributed by atoms with Crippen molar-refractivity contribution in [3.63, 3.8) is 0 Å². The van der Waals surface area contributed by atoms with Gasteiger partial charge in [0.2, 0.25) is 0 Å². The molecule has 2 rings (SSSR count). The van der Waals surface area contributed by atoms with Crippen molar-refractivity contribution in [2.45, 2.75) is 31.8 Å². The zero-order valence-corrected chi connectivity index (χ0v) is 13.0. The molecule has 0 radical (unpaired) electrons. The summed E-state index contributed by atoms with van der Waals surface area (Å²) in [6.45, 7) is 7.29. The lowest BCUT2D eigenvalue weighted by Crippen LogP contribution is -2.47. The van der Waals surface area contributed by atoms with Gasteiger partial charge in [0, 0.05) is 25.2 Å². The van der Waals surface area contributed by atoms with Crippen molar-refractivity contribution in [3.05, 3.63) is 0 Å². The molecule has 5 nitrogen and oxygen atoms in total. The summed E-state index contributed by atoms with van der Waals surface area (Å²) in [6, 6.07) is 0.708. The second-order valence-electron chi connectivity index (χ2n) is 6.05. The Balaban J connectivity index is 1.81. The molecule has 2 atom stereocenters. The molecule has 0 aromatic carbocycles. The lowest BCUT2D eigenvalue weighted by Gasteiger charge is -2.30. The van der Waals surface area contributed by atoms with E-state index >= 15 is 0 Å². The number of hydrogen-bond acceptors (Lipinski definition) is 5. The van der Waals surface area contributed by atoms with Crippen LogP contribution in [0.25, 0.3) is 0 Å². The molecule has 0 saturated carbocycles. The molecule has 0 aromatic rings. The molecular weight excluding hydrogens is 262 g/mol. The fourth-order valence-electron chi connectivity index (χ4n) is 3.13. The van der Waals surface area contributed by atoms with Crippen LogP contribution in [0.4, 0.5) is 0 Å². The zero-order valence-electron chi connectivity index (χ0n) is 12.1. The third-order valence-corrected chi connectivity index (χ3v) is 5.99. The van der Waals surface area contributed by atoms with Crippen LogP contribution in [-0.4, -0.2) is 81.6 Å². The Hall–Kier alpha value is -0.170. The van der Waals surface area contributed by atoms with Gasteiger partial charge in [-0.05, 0) is 46.4 Å². The van der Waals surface area contributed by atoms with Crippen molar-refractivity contribution in [2.24, 2.45) is 0 Å². The van der Waals surface area contributed by atoms with Gasteiger partial charge in [-0.3, -0.25) is 4.90 Å². The Morgan fingerprint density at radius 2 is 2.11 bits per heavy atom. The van der Waals surface area contributed by atoms with Gasteiger partial charge in [0.1, 0.15) is 0 Å². The molecule has 6 heteroatoms. The molecule has 0 aliphatic carbocycles. The quantitative estimate of drug-likeness (QED) is 0.779. The highest BCUT2D eigenvalue weighted by molar-refractivity contribution is 7.91. The summed E-state index contributed by atoms with van der Waals surface area (Å²) in [5.74, 6) is 0.615. The van der Waals surface area contributed by atoms with Crippen molar-refractivity contribution in [3.8, 4) is 0 Å². The third kappa shape index (κ3) is 4.70. The second-order valence-corrected chi connectivity index (χ2v) is 8.28. The molecule has 2 unspecified atom stereocenters. The highest BCUT2D eigenvalue weighted by Crippen LogP contribution is 2.11. The van der Waals surface area contributed by atoms with Gasteiger partial charge in [-0.15, -0.1) is 0 Å². The maximum absolute atomic E-state index is 11.6. The minimum absolute atomic E-state index is 0.145. The summed E-state index contributed by atoms with van der Waals surface area (Å²) < 4.78 is 23.2. The Labute approximate surface area is 117 Å². The van der Waals surface area contributed by atoms with E-state index < -0.39 is 9.84 Å². The van der Waals surface area contributed by atoms with E-state index in [0.717, 1.165) is 32.6 Å². The molecule has 0 aromatic heterocycles. The van der Waals surface area contributed by atoms with E-state index in [9.17, 15) is 8.42 Å². The standard InChI is InChI=1S/C13H27N3O2S/c1-12-10-15(2)6-3-7-16(12)8-4-13-11-19(17,18)9-5-14-13/h12-14H,3-11H2,1-2H3. The highest BCUT2D eigenvalue weighted by atomic mass is 32.2. The first-order valence-corrected chi connectivity index (χ1v) is 9.15. The van der Waals surface area contributed by atoms with Crippen LogP contribution in [0.3, 0.4) is 0 Å². The van der Waals surface area contributed by atoms with Crippen molar-refractivity contribution < 1.29 is 8.42 Å². The number of likely N-dealkylation sites (N-methyl/N-ethyl adjacent to an activating group) is 1. The van der Waals surface area contributed by atoms with E-state index in [-0.39, 0.29) is 6.04 Å². The predicted molar refractivity (Wildman–Crippen MR) is 78.2 cm³/mol. The minimum atomic E-state index is -2.80. The van der Waals surface area contributed by atoms with Gasteiger partial charge in [0.15, 0.2) is 9.84 Å². The fraction of sp³-hybridized carbons (Fsp3) is 1.00. The molecule has 2 saturated heterocycles. The first-order chi connectivity index (χ1) is 8.96. The first kappa shape index (κ1) is 15.2. The Morgan fingerprint density at radius 1 is 1.32 bits per heavy atom. The number of nitrogens with one attached hydrogen (secondary N) is 1. The zero-order chi connectivity index (χ0) is 13.9. The summed E-state index contributed by atoms with van der Waals surface area (Å²) in [5.41, 5.74) is 0. The van der Waals surface area contributed by atoms with Crippen LogP contribution in [-0.2, 0) is 9.84 Å². The van der Waals surface area contributed by atoms with Crippen LogP contribution in [0.2, 0.25) is 0 Å². The summed E-state index contributed by atoms with van der Waals surface area (Å²) in [7, 11) is -0.628. The lowest BCUT2D eigenvalue weighted by atomic mass is 10.2. The van der Waals surface area contributed by atoms with Crippen molar-refractivity contribution >= 4 is 9.84 Å². The SMILES string of the molecule is CC1CN(C)CCCN1CCC1CS(=O)(=O)CCN1. The third-order valence-electron chi connectivity index (χ3n) is 4.25. The first-order valence-electron chi connectivity index (χ1n) is 7.33. The Kier molecular flexibility index (Phi) is 5.22. The lowest BCUT2D eigenvalue weighted by molar-refractivity contribution is 0.194. The summed E-state index contributed by atoms with van der Waals surface area (Å²) in [6.07, 6.45) is 2.14. The summed E-state index contributed by atoms with van der Waals surface area (Å²) >= 11 is 0. The van der Waals surface area contributed by atoms with Crippen molar-refractivity contribution in [1.82, 2.24) is 15.1 Å². The van der Waals surface area contributed by atoms with E-state index in [1.54, 1.807) is 0 Å². The van der Waals surface area contributed by atoms with Crippen LogP contribution in [0.5, 0.6) is 0 Å². The van der Waals surface area contributed by atoms with Crippen LogP contribution < -0.4 is 5.32 Å². The van der Waals surface area contributed by atoms with Gasteiger partial charge in [-0.2, -0.15) is 0 Å². The molecule has 0 spiro atoms. The minimum Gasteiger partial charge on any atom is -0.312 e. The topological polar surface area (TPSA) is 52.7 Å². The van der Waals surface area contributed by atoms with Gasteiger partial charge >= 0.3 is 0 Å². The molecule has 2 aliphatic rings. The van der Waals surface area contributed by atoms with Gasteiger partial charge in [0.25, 0.3) is 0 Å².